The smallest absolute Gasteiger partial charge is 0.134 e. The van der Waals surface area contributed by atoms with Crippen LogP contribution < -0.4 is 4.74 Å². The van der Waals surface area contributed by atoms with Gasteiger partial charge in [0.2, 0.25) is 0 Å². The van der Waals surface area contributed by atoms with Gasteiger partial charge in [-0.05, 0) is 30.0 Å². The molecule has 2 nitrogen and oxygen atoms in total. The third-order valence-electron chi connectivity index (χ3n) is 3.34. The molecule has 0 N–H and O–H groups in total. The molecule has 1 aliphatic rings. The number of aliphatic imine (C=N–C) groups is 1. The Bertz CT molecular complexity index is 562. The second-order valence-corrected chi connectivity index (χ2v) is 4.78. The fourth-order valence-corrected chi connectivity index (χ4v) is 2.31. The molecule has 0 aliphatic carbocycles. The number of ether oxygens (including phenoxy) is 1. The van der Waals surface area contributed by atoms with Crippen LogP contribution in [-0.2, 0) is 13.0 Å². The summed E-state index contributed by atoms with van der Waals surface area (Å²) in [5.41, 5.74) is 2.53. The Balaban J connectivity index is 1.60. The lowest BCUT2D eigenvalue weighted by molar-refractivity contribution is 0.240. The van der Waals surface area contributed by atoms with E-state index in [1.807, 2.05) is 36.5 Å². The van der Waals surface area contributed by atoms with Crippen molar-refractivity contribution in [3.63, 3.8) is 0 Å². The van der Waals surface area contributed by atoms with E-state index in [0.717, 1.165) is 25.1 Å². The van der Waals surface area contributed by atoms with E-state index in [1.54, 1.807) is 0 Å². The minimum absolute atomic E-state index is 0.110. The van der Waals surface area contributed by atoms with Gasteiger partial charge in [-0.2, -0.15) is 0 Å². The predicted octanol–water partition coefficient (Wildman–Crippen LogP) is 3.65. The quantitative estimate of drug-likeness (QED) is 0.763. The van der Waals surface area contributed by atoms with Gasteiger partial charge in [-0.3, -0.25) is 4.99 Å². The fraction of sp³-hybridized carbons (Fsp3) is 0.235. The van der Waals surface area contributed by atoms with Crippen LogP contribution in [0.3, 0.4) is 0 Å². The van der Waals surface area contributed by atoms with Crippen molar-refractivity contribution in [2.24, 2.45) is 4.99 Å². The topological polar surface area (TPSA) is 21.6 Å². The van der Waals surface area contributed by atoms with E-state index in [4.69, 9.17) is 4.74 Å². The average Bonchev–Trinajstić information content (AvgIpc) is 2.48. The van der Waals surface area contributed by atoms with Gasteiger partial charge in [0.15, 0.2) is 0 Å². The largest absolute Gasteiger partial charge is 0.484 e. The lowest BCUT2D eigenvalue weighted by Crippen LogP contribution is -2.23. The van der Waals surface area contributed by atoms with E-state index in [1.165, 1.54) is 11.1 Å². The van der Waals surface area contributed by atoms with Crippen molar-refractivity contribution >= 4 is 6.21 Å². The summed E-state index contributed by atoms with van der Waals surface area (Å²) >= 11 is 0. The number of hydrogen-bond donors (Lipinski definition) is 0. The molecule has 2 aromatic rings. The molecular weight excluding hydrogens is 234 g/mol. The van der Waals surface area contributed by atoms with Crippen molar-refractivity contribution in [1.29, 1.82) is 0 Å². The van der Waals surface area contributed by atoms with E-state index in [0.29, 0.717) is 0 Å². The van der Waals surface area contributed by atoms with Crippen molar-refractivity contribution in [3.05, 3.63) is 65.7 Å². The third kappa shape index (κ3) is 3.02. The van der Waals surface area contributed by atoms with Crippen LogP contribution in [0, 0.1) is 0 Å². The van der Waals surface area contributed by atoms with E-state index in [-0.39, 0.29) is 6.10 Å². The Labute approximate surface area is 113 Å². The van der Waals surface area contributed by atoms with Crippen molar-refractivity contribution in [1.82, 2.24) is 0 Å². The maximum atomic E-state index is 5.92. The average molecular weight is 251 g/mol. The second-order valence-electron chi connectivity index (χ2n) is 4.78. The zero-order chi connectivity index (χ0) is 12.9. The molecule has 96 valence electrons. The van der Waals surface area contributed by atoms with Gasteiger partial charge < -0.3 is 4.74 Å². The summed E-state index contributed by atoms with van der Waals surface area (Å²) in [6.45, 7) is 0.725. The van der Waals surface area contributed by atoms with Gasteiger partial charge in [-0.25, -0.2) is 0 Å². The van der Waals surface area contributed by atoms with Crippen molar-refractivity contribution in [2.45, 2.75) is 25.5 Å². The SMILES string of the molecule is C(=NCc1ccccc1)C1CCc2ccccc2O1. The number of fused-ring (bicyclic) bond motifs is 1. The third-order valence-corrected chi connectivity index (χ3v) is 3.34. The molecule has 0 bridgehead atoms. The first-order valence-corrected chi connectivity index (χ1v) is 6.70. The van der Waals surface area contributed by atoms with E-state index >= 15 is 0 Å². The highest BCUT2D eigenvalue weighted by molar-refractivity contribution is 5.64. The van der Waals surface area contributed by atoms with Crippen LogP contribution in [0.15, 0.2) is 59.6 Å². The van der Waals surface area contributed by atoms with Crippen LogP contribution in [0.25, 0.3) is 0 Å². The molecule has 19 heavy (non-hydrogen) atoms. The van der Waals surface area contributed by atoms with Crippen molar-refractivity contribution in [3.8, 4) is 5.75 Å². The lowest BCUT2D eigenvalue weighted by atomic mass is 10.0. The summed E-state index contributed by atoms with van der Waals surface area (Å²) < 4.78 is 5.92. The Hall–Kier alpha value is -2.09. The fourth-order valence-electron chi connectivity index (χ4n) is 2.31. The monoisotopic (exact) mass is 251 g/mol. The molecule has 0 aromatic heterocycles. The molecule has 2 aromatic carbocycles. The van der Waals surface area contributed by atoms with Gasteiger partial charge >= 0.3 is 0 Å². The number of aryl methyl sites for hydroxylation is 1. The Morgan fingerprint density at radius 3 is 2.74 bits per heavy atom. The normalized spacial score (nSPS) is 18.0. The summed E-state index contributed by atoms with van der Waals surface area (Å²) in [5, 5.41) is 0. The van der Waals surface area contributed by atoms with Gasteiger partial charge in [0.05, 0.1) is 6.54 Å². The number of nitrogens with zero attached hydrogens (tertiary/aromatic N) is 1. The molecule has 1 aliphatic heterocycles. The van der Waals surface area contributed by atoms with Crippen LogP contribution in [0.1, 0.15) is 17.5 Å². The molecule has 0 radical (unpaired) electrons. The summed E-state index contributed by atoms with van der Waals surface area (Å²) in [5.74, 6) is 1.00. The molecule has 0 amide bonds. The summed E-state index contributed by atoms with van der Waals surface area (Å²) in [6.07, 6.45) is 4.13. The first-order chi connectivity index (χ1) is 9.42. The van der Waals surface area contributed by atoms with Gasteiger partial charge in [0.25, 0.3) is 0 Å². The van der Waals surface area contributed by atoms with E-state index in [2.05, 4.69) is 29.3 Å². The van der Waals surface area contributed by atoms with E-state index < -0.39 is 0 Å². The summed E-state index contributed by atoms with van der Waals surface area (Å²) in [6, 6.07) is 18.5. The number of hydrogen-bond acceptors (Lipinski definition) is 2. The number of benzene rings is 2. The standard InChI is InChI=1S/C17H17NO/c1-2-6-14(7-3-1)12-18-13-16-11-10-15-8-4-5-9-17(15)19-16/h1-9,13,16H,10-12H2. The first kappa shape index (κ1) is 12.0. The minimum Gasteiger partial charge on any atom is -0.484 e. The molecule has 2 heteroatoms. The molecule has 3 rings (SSSR count). The van der Waals surface area contributed by atoms with Crippen molar-refractivity contribution < 1.29 is 4.74 Å². The Kier molecular flexibility index (Phi) is 3.59. The highest BCUT2D eigenvalue weighted by Gasteiger charge is 2.16. The zero-order valence-corrected chi connectivity index (χ0v) is 10.8. The van der Waals surface area contributed by atoms with Crippen LogP contribution in [-0.4, -0.2) is 12.3 Å². The highest BCUT2D eigenvalue weighted by atomic mass is 16.5. The minimum atomic E-state index is 0.110. The highest BCUT2D eigenvalue weighted by Crippen LogP contribution is 2.26. The summed E-state index contributed by atoms with van der Waals surface area (Å²) in [7, 11) is 0. The second kappa shape index (κ2) is 5.70. The number of rotatable bonds is 3. The molecule has 0 saturated heterocycles. The summed E-state index contributed by atoms with van der Waals surface area (Å²) in [4.78, 5) is 4.49. The molecule has 0 fully saturated rings. The van der Waals surface area contributed by atoms with Gasteiger partial charge in [0, 0.05) is 6.21 Å². The Morgan fingerprint density at radius 2 is 1.84 bits per heavy atom. The maximum Gasteiger partial charge on any atom is 0.134 e. The molecule has 1 heterocycles. The first-order valence-electron chi connectivity index (χ1n) is 6.70. The van der Waals surface area contributed by atoms with Crippen LogP contribution in [0.4, 0.5) is 0 Å². The molecule has 0 spiro atoms. The molecule has 1 atom stereocenters. The molecular formula is C17H17NO. The van der Waals surface area contributed by atoms with E-state index in [9.17, 15) is 0 Å². The molecule has 1 unspecified atom stereocenters. The molecule has 0 saturated carbocycles. The van der Waals surface area contributed by atoms with Gasteiger partial charge in [-0.1, -0.05) is 48.5 Å². The number of para-hydroxylation sites is 1. The predicted molar refractivity (Wildman–Crippen MR) is 77.8 cm³/mol. The van der Waals surface area contributed by atoms with Crippen LogP contribution >= 0.6 is 0 Å². The van der Waals surface area contributed by atoms with Crippen LogP contribution in [0.5, 0.6) is 5.75 Å². The van der Waals surface area contributed by atoms with Crippen molar-refractivity contribution in [2.75, 3.05) is 0 Å². The van der Waals surface area contributed by atoms with Gasteiger partial charge in [-0.15, -0.1) is 0 Å². The van der Waals surface area contributed by atoms with Crippen LogP contribution in [0.2, 0.25) is 0 Å². The van der Waals surface area contributed by atoms with Gasteiger partial charge in [0.1, 0.15) is 11.9 Å². The zero-order valence-electron chi connectivity index (χ0n) is 10.8. The Morgan fingerprint density at radius 1 is 1.05 bits per heavy atom. The maximum absolute atomic E-state index is 5.92. The lowest BCUT2D eigenvalue weighted by Gasteiger charge is -2.23.